The Balaban J connectivity index is 1.55. The Morgan fingerprint density at radius 2 is 1.48 bits per heavy atom. The summed E-state index contributed by atoms with van der Waals surface area (Å²) in [6.45, 7) is 3.63. The number of rotatable bonds is 6. The molecule has 136 valence electrons. The standard InChI is InChI=1S/C24H22O3/c1-17-8-13-22(18(2)14-17)23(25)16-27-24(26)15-19-9-11-21(12-10-19)20-6-4-3-5-7-20/h3-14H,15-16H2,1-2H3. The second kappa shape index (κ2) is 8.45. The molecule has 0 spiro atoms. The first-order chi connectivity index (χ1) is 13.0. The highest BCUT2D eigenvalue weighted by Gasteiger charge is 2.13. The van der Waals surface area contributed by atoms with Gasteiger partial charge >= 0.3 is 5.97 Å². The number of carbonyl (C=O) groups excluding carboxylic acids is 2. The van der Waals surface area contributed by atoms with Gasteiger partial charge in [-0.1, -0.05) is 78.4 Å². The number of benzene rings is 3. The monoisotopic (exact) mass is 358 g/mol. The molecule has 0 aliphatic heterocycles. The van der Waals surface area contributed by atoms with E-state index < -0.39 is 5.97 Å². The molecule has 0 N–H and O–H groups in total. The molecule has 0 aliphatic rings. The molecule has 3 aromatic rings. The van der Waals surface area contributed by atoms with Crippen LogP contribution in [0, 0.1) is 13.8 Å². The molecule has 0 fully saturated rings. The second-order valence-electron chi connectivity index (χ2n) is 6.64. The van der Waals surface area contributed by atoms with Crippen molar-refractivity contribution >= 4 is 11.8 Å². The highest BCUT2D eigenvalue weighted by atomic mass is 16.5. The van der Waals surface area contributed by atoms with Crippen molar-refractivity contribution in [3.63, 3.8) is 0 Å². The molecule has 0 atom stereocenters. The molecule has 0 unspecified atom stereocenters. The molecule has 0 heterocycles. The molecular formula is C24H22O3. The summed E-state index contributed by atoms with van der Waals surface area (Å²) in [6, 6.07) is 23.5. The predicted molar refractivity (Wildman–Crippen MR) is 107 cm³/mol. The molecule has 3 nitrogen and oxygen atoms in total. The molecule has 0 amide bonds. The van der Waals surface area contributed by atoms with Crippen LogP contribution in [0.2, 0.25) is 0 Å². The van der Waals surface area contributed by atoms with Crippen LogP contribution in [-0.2, 0) is 16.0 Å². The smallest absolute Gasteiger partial charge is 0.310 e. The van der Waals surface area contributed by atoms with Gasteiger partial charge in [-0.3, -0.25) is 9.59 Å². The Hall–Kier alpha value is -3.20. The Morgan fingerprint density at radius 3 is 2.15 bits per heavy atom. The first-order valence-electron chi connectivity index (χ1n) is 8.93. The zero-order valence-electron chi connectivity index (χ0n) is 15.6. The SMILES string of the molecule is Cc1ccc(C(=O)COC(=O)Cc2ccc(-c3ccccc3)cc2)c(C)c1. The maximum absolute atomic E-state index is 12.3. The van der Waals surface area contributed by atoms with E-state index in [0.29, 0.717) is 5.56 Å². The number of ether oxygens (including phenoxy) is 1. The van der Waals surface area contributed by atoms with E-state index in [9.17, 15) is 9.59 Å². The van der Waals surface area contributed by atoms with Crippen molar-refractivity contribution in [2.45, 2.75) is 20.3 Å². The van der Waals surface area contributed by atoms with Crippen molar-refractivity contribution in [2.24, 2.45) is 0 Å². The largest absolute Gasteiger partial charge is 0.457 e. The normalized spacial score (nSPS) is 10.4. The van der Waals surface area contributed by atoms with Crippen LogP contribution in [0.15, 0.2) is 72.8 Å². The van der Waals surface area contributed by atoms with Crippen molar-refractivity contribution in [1.29, 1.82) is 0 Å². The summed E-state index contributed by atoms with van der Waals surface area (Å²) in [5, 5.41) is 0. The lowest BCUT2D eigenvalue weighted by atomic mass is 10.0. The zero-order chi connectivity index (χ0) is 19.2. The van der Waals surface area contributed by atoms with Crippen molar-refractivity contribution in [1.82, 2.24) is 0 Å². The van der Waals surface area contributed by atoms with Crippen LogP contribution in [0.1, 0.15) is 27.0 Å². The summed E-state index contributed by atoms with van der Waals surface area (Å²) < 4.78 is 5.17. The molecule has 0 aliphatic carbocycles. The average Bonchev–Trinajstić information content (AvgIpc) is 2.67. The highest BCUT2D eigenvalue weighted by molar-refractivity contribution is 5.99. The number of hydrogen-bond acceptors (Lipinski definition) is 3. The van der Waals surface area contributed by atoms with E-state index in [2.05, 4.69) is 0 Å². The van der Waals surface area contributed by atoms with Gasteiger partial charge in [0, 0.05) is 5.56 Å². The van der Waals surface area contributed by atoms with Gasteiger partial charge in [0.25, 0.3) is 0 Å². The minimum atomic E-state index is -0.402. The van der Waals surface area contributed by atoms with Crippen molar-refractivity contribution in [2.75, 3.05) is 6.61 Å². The van der Waals surface area contributed by atoms with E-state index in [1.54, 1.807) is 6.07 Å². The predicted octanol–water partition coefficient (Wildman–Crippen LogP) is 4.94. The maximum Gasteiger partial charge on any atom is 0.310 e. The van der Waals surface area contributed by atoms with Crippen LogP contribution in [-0.4, -0.2) is 18.4 Å². The number of Topliss-reactive ketones (excluding diaryl/α,β-unsaturated/α-hetero) is 1. The summed E-state index contributed by atoms with van der Waals surface area (Å²) in [5.41, 5.74) is 5.68. The summed E-state index contributed by atoms with van der Waals surface area (Å²) in [4.78, 5) is 24.3. The van der Waals surface area contributed by atoms with Crippen LogP contribution in [0.4, 0.5) is 0 Å². The minimum Gasteiger partial charge on any atom is -0.457 e. The third kappa shape index (κ3) is 4.91. The van der Waals surface area contributed by atoms with Crippen LogP contribution in [0.5, 0.6) is 0 Å². The summed E-state index contributed by atoms with van der Waals surface area (Å²) in [6.07, 6.45) is 0.148. The van der Waals surface area contributed by atoms with Crippen molar-refractivity contribution < 1.29 is 14.3 Å². The number of carbonyl (C=O) groups is 2. The van der Waals surface area contributed by atoms with Gasteiger partial charge in [-0.25, -0.2) is 0 Å². The molecule has 0 saturated carbocycles. The van der Waals surface area contributed by atoms with Crippen molar-refractivity contribution in [3.8, 4) is 11.1 Å². The highest BCUT2D eigenvalue weighted by Crippen LogP contribution is 2.19. The van der Waals surface area contributed by atoms with Crippen LogP contribution < -0.4 is 0 Å². The third-order valence-corrected chi connectivity index (χ3v) is 4.46. The third-order valence-electron chi connectivity index (χ3n) is 4.46. The quantitative estimate of drug-likeness (QED) is 0.463. The number of ketones is 1. The molecule has 3 heteroatoms. The molecule has 0 radical (unpaired) electrons. The molecule has 0 aromatic heterocycles. The van der Waals surface area contributed by atoms with Gasteiger partial charge in [0.05, 0.1) is 6.42 Å². The van der Waals surface area contributed by atoms with Crippen LogP contribution >= 0.6 is 0 Å². The fraction of sp³-hybridized carbons (Fsp3) is 0.167. The molecule has 0 saturated heterocycles. The van der Waals surface area contributed by atoms with Gasteiger partial charge in [-0.15, -0.1) is 0 Å². The number of aryl methyl sites for hydroxylation is 2. The summed E-state index contributed by atoms with van der Waals surface area (Å²) >= 11 is 0. The number of hydrogen-bond donors (Lipinski definition) is 0. The Morgan fingerprint density at radius 1 is 0.815 bits per heavy atom. The van der Waals surface area contributed by atoms with E-state index in [1.165, 1.54) is 0 Å². The average molecular weight is 358 g/mol. The van der Waals surface area contributed by atoms with Gasteiger partial charge in [-0.05, 0) is 36.1 Å². The van der Waals surface area contributed by atoms with Gasteiger partial charge < -0.3 is 4.74 Å². The van der Waals surface area contributed by atoms with E-state index in [1.807, 2.05) is 80.6 Å². The van der Waals surface area contributed by atoms with E-state index >= 15 is 0 Å². The number of esters is 1. The van der Waals surface area contributed by atoms with E-state index in [4.69, 9.17) is 4.74 Å². The fourth-order valence-corrected chi connectivity index (χ4v) is 3.01. The van der Waals surface area contributed by atoms with Gasteiger partial charge in [-0.2, -0.15) is 0 Å². The van der Waals surface area contributed by atoms with Crippen molar-refractivity contribution in [3.05, 3.63) is 95.1 Å². The van der Waals surface area contributed by atoms with E-state index in [0.717, 1.165) is 27.8 Å². The lowest BCUT2D eigenvalue weighted by molar-refractivity contribution is -0.141. The fourth-order valence-electron chi connectivity index (χ4n) is 3.01. The lowest BCUT2D eigenvalue weighted by Gasteiger charge is -2.08. The summed E-state index contributed by atoms with van der Waals surface area (Å²) in [5.74, 6) is -0.583. The maximum atomic E-state index is 12.3. The Kier molecular flexibility index (Phi) is 5.82. The molecular weight excluding hydrogens is 336 g/mol. The van der Waals surface area contributed by atoms with Crippen LogP contribution in [0.3, 0.4) is 0 Å². The lowest BCUT2D eigenvalue weighted by Crippen LogP contribution is -2.16. The first-order valence-corrected chi connectivity index (χ1v) is 8.93. The van der Waals surface area contributed by atoms with E-state index in [-0.39, 0.29) is 18.8 Å². The molecule has 27 heavy (non-hydrogen) atoms. The van der Waals surface area contributed by atoms with Gasteiger partial charge in [0.15, 0.2) is 6.61 Å². The topological polar surface area (TPSA) is 43.4 Å². The zero-order valence-corrected chi connectivity index (χ0v) is 15.6. The molecule has 3 aromatic carbocycles. The molecule has 3 rings (SSSR count). The second-order valence-corrected chi connectivity index (χ2v) is 6.64. The van der Waals surface area contributed by atoms with Gasteiger partial charge in [0.1, 0.15) is 0 Å². The first kappa shape index (κ1) is 18.6. The Labute approximate surface area is 159 Å². The molecule has 0 bridgehead atoms. The van der Waals surface area contributed by atoms with Crippen LogP contribution in [0.25, 0.3) is 11.1 Å². The summed E-state index contributed by atoms with van der Waals surface area (Å²) in [7, 11) is 0. The Bertz CT molecular complexity index is 941. The van der Waals surface area contributed by atoms with Gasteiger partial charge in [0.2, 0.25) is 5.78 Å². The minimum absolute atomic E-state index is 0.148.